The van der Waals surface area contributed by atoms with E-state index in [0.717, 1.165) is 23.3 Å². The van der Waals surface area contributed by atoms with Gasteiger partial charge in [-0.05, 0) is 12.5 Å². The Morgan fingerprint density at radius 3 is 2.79 bits per heavy atom. The average molecular weight is 271 g/mol. The molecule has 0 fully saturated rings. The molecule has 0 aliphatic carbocycles. The first-order valence-corrected chi connectivity index (χ1v) is 7.15. The zero-order chi connectivity index (χ0) is 13.5. The van der Waals surface area contributed by atoms with Crippen LogP contribution in [0.5, 0.6) is 0 Å². The Bertz CT molecular complexity index is 558. The molecule has 0 radical (unpaired) electrons. The van der Waals surface area contributed by atoms with Gasteiger partial charge in [0, 0.05) is 12.3 Å². The number of nitrogens with zero attached hydrogens (tertiary/aromatic N) is 3. The van der Waals surface area contributed by atoms with E-state index < -0.39 is 0 Å². The zero-order valence-electron chi connectivity index (χ0n) is 11.0. The fraction of sp³-hybridized carbons (Fsp3) is 0.200. The smallest absolute Gasteiger partial charge is 0.191 e. The van der Waals surface area contributed by atoms with Crippen molar-refractivity contribution < 1.29 is 0 Å². The van der Waals surface area contributed by atoms with Crippen molar-refractivity contribution in [1.82, 2.24) is 14.8 Å². The Labute approximate surface area is 118 Å². The average Bonchev–Trinajstić information content (AvgIpc) is 2.78. The number of hydrogen-bond donors (Lipinski definition) is 0. The quantitative estimate of drug-likeness (QED) is 0.594. The van der Waals surface area contributed by atoms with Gasteiger partial charge < -0.3 is 4.57 Å². The van der Waals surface area contributed by atoms with Crippen molar-refractivity contribution in [1.29, 1.82) is 0 Å². The summed E-state index contributed by atoms with van der Waals surface area (Å²) in [5, 5.41) is 9.21. The van der Waals surface area contributed by atoms with E-state index in [4.69, 9.17) is 0 Å². The van der Waals surface area contributed by atoms with Crippen LogP contribution in [0.25, 0.3) is 6.08 Å². The van der Waals surface area contributed by atoms with Crippen molar-refractivity contribution in [3.63, 3.8) is 0 Å². The third-order valence-corrected chi connectivity index (χ3v) is 3.55. The summed E-state index contributed by atoms with van der Waals surface area (Å²) >= 11 is 1.68. The van der Waals surface area contributed by atoms with Gasteiger partial charge in [0.2, 0.25) is 0 Å². The summed E-state index contributed by atoms with van der Waals surface area (Å²) in [6, 6.07) is 10.3. The monoisotopic (exact) mass is 271 g/mol. The molecule has 0 saturated carbocycles. The van der Waals surface area contributed by atoms with E-state index in [0.29, 0.717) is 0 Å². The molecule has 0 bridgehead atoms. The van der Waals surface area contributed by atoms with Gasteiger partial charge in [-0.15, -0.1) is 16.8 Å². The van der Waals surface area contributed by atoms with E-state index in [2.05, 4.69) is 45.6 Å². The van der Waals surface area contributed by atoms with Crippen LogP contribution in [0.4, 0.5) is 0 Å². The molecule has 1 aromatic carbocycles. The Kier molecular flexibility index (Phi) is 4.98. The zero-order valence-corrected chi connectivity index (χ0v) is 11.8. The Morgan fingerprint density at radius 2 is 2.05 bits per heavy atom. The highest BCUT2D eigenvalue weighted by Gasteiger charge is 2.06. The van der Waals surface area contributed by atoms with Crippen LogP contribution >= 0.6 is 11.8 Å². The molecule has 19 heavy (non-hydrogen) atoms. The first kappa shape index (κ1) is 13.6. The predicted molar refractivity (Wildman–Crippen MR) is 81.2 cm³/mol. The van der Waals surface area contributed by atoms with Gasteiger partial charge in [0.1, 0.15) is 5.82 Å². The Balaban J connectivity index is 1.92. The number of rotatable bonds is 6. The van der Waals surface area contributed by atoms with Crippen LogP contribution in [0.15, 0.2) is 54.2 Å². The van der Waals surface area contributed by atoms with E-state index in [1.54, 1.807) is 11.8 Å². The largest absolute Gasteiger partial charge is 0.302 e. The molecular formula is C15H17N3S. The Morgan fingerprint density at radius 1 is 1.26 bits per heavy atom. The topological polar surface area (TPSA) is 30.7 Å². The summed E-state index contributed by atoms with van der Waals surface area (Å²) < 4.78 is 2.06. The molecular weight excluding hydrogens is 254 g/mol. The van der Waals surface area contributed by atoms with E-state index in [-0.39, 0.29) is 0 Å². The van der Waals surface area contributed by atoms with Gasteiger partial charge in [0.15, 0.2) is 5.16 Å². The molecule has 0 saturated heterocycles. The minimum absolute atomic E-state index is 0.754. The lowest BCUT2D eigenvalue weighted by molar-refractivity contribution is 0.704. The van der Waals surface area contributed by atoms with Gasteiger partial charge >= 0.3 is 0 Å². The fourth-order valence-corrected chi connectivity index (χ4v) is 2.48. The molecule has 0 atom stereocenters. The third kappa shape index (κ3) is 3.83. The molecule has 2 rings (SSSR count). The van der Waals surface area contributed by atoms with Gasteiger partial charge in [0.25, 0.3) is 0 Å². The van der Waals surface area contributed by atoms with Gasteiger partial charge in [0.05, 0.1) is 0 Å². The van der Waals surface area contributed by atoms with Crippen LogP contribution in [0, 0.1) is 6.92 Å². The van der Waals surface area contributed by atoms with Crippen LogP contribution in [0.1, 0.15) is 11.4 Å². The second-order valence-corrected chi connectivity index (χ2v) is 5.04. The minimum Gasteiger partial charge on any atom is -0.302 e. The molecule has 0 spiro atoms. The van der Waals surface area contributed by atoms with Crippen molar-refractivity contribution >= 4 is 17.8 Å². The summed E-state index contributed by atoms with van der Waals surface area (Å²) in [4.78, 5) is 0. The molecule has 1 aromatic heterocycles. The highest BCUT2D eigenvalue weighted by Crippen LogP contribution is 2.17. The van der Waals surface area contributed by atoms with Crippen LogP contribution in [-0.2, 0) is 6.54 Å². The normalized spacial score (nSPS) is 11.0. The molecule has 0 unspecified atom stereocenters. The predicted octanol–water partition coefficient (Wildman–Crippen LogP) is 3.58. The fourth-order valence-electron chi connectivity index (χ4n) is 1.68. The van der Waals surface area contributed by atoms with Crippen molar-refractivity contribution in [2.24, 2.45) is 0 Å². The van der Waals surface area contributed by atoms with Crippen molar-refractivity contribution in [3.05, 3.63) is 60.5 Å². The molecule has 1 heterocycles. The first-order valence-electron chi connectivity index (χ1n) is 6.16. The maximum Gasteiger partial charge on any atom is 0.191 e. The van der Waals surface area contributed by atoms with E-state index >= 15 is 0 Å². The van der Waals surface area contributed by atoms with Gasteiger partial charge in [-0.2, -0.15) is 0 Å². The summed E-state index contributed by atoms with van der Waals surface area (Å²) in [7, 11) is 0. The molecule has 0 amide bonds. The van der Waals surface area contributed by atoms with E-state index in [1.165, 1.54) is 5.56 Å². The van der Waals surface area contributed by atoms with Crippen LogP contribution in [0.2, 0.25) is 0 Å². The molecule has 2 aromatic rings. The Hall–Kier alpha value is -1.81. The number of hydrogen-bond acceptors (Lipinski definition) is 3. The van der Waals surface area contributed by atoms with Gasteiger partial charge in [-0.1, -0.05) is 60.3 Å². The summed E-state index contributed by atoms with van der Waals surface area (Å²) in [5.74, 6) is 1.80. The van der Waals surface area contributed by atoms with E-state index in [1.807, 2.05) is 31.2 Å². The molecule has 3 nitrogen and oxygen atoms in total. The number of allylic oxidation sites excluding steroid dienone is 1. The maximum atomic E-state index is 4.17. The second kappa shape index (κ2) is 6.95. The van der Waals surface area contributed by atoms with E-state index in [9.17, 15) is 0 Å². The number of thioether (sulfide) groups is 1. The summed E-state index contributed by atoms with van der Waals surface area (Å²) in [5.41, 5.74) is 1.21. The van der Waals surface area contributed by atoms with Gasteiger partial charge in [-0.3, -0.25) is 0 Å². The standard InChI is InChI=1S/C15H17N3S/c1-3-11-18-13(2)16-17-15(18)19-12-7-10-14-8-5-4-6-9-14/h3-10H,1,11-12H2,2H3/b10-7+. The minimum atomic E-state index is 0.754. The molecule has 98 valence electrons. The number of benzene rings is 1. The lowest BCUT2D eigenvalue weighted by atomic mass is 10.2. The lowest BCUT2D eigenvalue weighted by Gasteiger charge is -2.03. The number of aromatic nitrogens is 3. The lowest BCUT2D eigenvalue weighted by Crippen LogP contribution is -1.99. The molecule has 0 aliphatic heterocycles. The summed E-state index contributed by atoms with van der Waals surface area (Å²) in [6.45, 7) is 6.47. The molecule has 0 aliphatic rings. The van der Waals surface area contributed by atoms with Crippen molar-refractivity contribution in [3.8, 4) is 0 Å². The molecule has 4 heteroatoms. The highest BCUT2D eigenvalue weighted by molar-refractivity contribution is 7.99. The van der Waals surface area contributed by atoms with Crippen molar-refractivity contribution in [2.45, 2.75) is 18.6 Å². The first-order chi connectivity index (χ1) is 9.31. The SMILES string of the molecule is C=CCn1c(C)nnc1SC/C=C/c1ccccc1. The van der Waals surface area contributed by atoms with Crippen LogP contribution in [0.3, 0.4) is 0 Å². The second-order valence-electron chi connectivity index (χ2n) is 4.05. The van der Waals surface area contributed by atoms with Crippen LogP contribution < -0.4 is 0 Å². The van der Waals surface area contributed by atoms with Crippen molar-refractivity contribution in [2.75, 3.05) is 5.75 Å². The summed E-state index contributed by atoms with van der Waals surface area (Å²) in [6.07, 6.45) is 6.12. The maximum absolute atomic E-state index is 4.17. The van der Waals surface area contributed by atoms with Crippen LogP contribution in [-0.4, -0.2) is 20.5 Å². The number of aryl methyl sites for hydroxylation is 1. The third-order valence-electron chi connectivity index (χ3n) is 2.63. The molecule has 0 N–H and O–H groups in total. The van der Waals surface area contributed by atoms with Gasteiger partial charge in [-0.25, -0.2) is 0 Å². The highest BCUT2D eigenvalue weighted by atomic mass is 32.2.